The number of anilines is 1. The molecule has 10 nitrogen and oxygen atoms in total. The lowest BCUT2D eigenvalue weighted by Gasteiger charge is -2.09. The first-order valence-corrected chi connectivity index (χ1v) is 7.97. The van der Waals surface area contributed by atoms with Crippen LogP contribution in [0.2, 0.25) is 0 Å². The fraction of sp³-hybridized carbons (Fsp3) is 0.0588. The quantitative estimate of drug-likeness (QED) is 0.537. The number of hydrogen-bond acceptors (Lipinski definition) is 6. The summed E-state index contributed by atoms with van der Waals surface area (Å²) in [6, 6.07) is 13.3. The zero-order chi connectivity index (χ0) is 18.8. The molecule has 0 radical (unpaired) electrons. The summed E-state index contributed by atoms with van der Waals surface area (Å²) in [4.78, 5) is 36.9. The Morgan fingerprint density at radius 3 is 2.67 bits per heavy atom. The van der Waals surface area contributed by atoms with Crippen LogP contribution in [0, 0.1) is 0 Å². The zero-order valence-electron chi connectivity index (χ0n) is 13.9. The van der Waals surface area contributed by atoms with Crippen molar-refractivity contribution in [1.29, 1.82) is 0 Å². The van der Waals surface area contributed by atoms with Gasteiger partial charge in [-0.2, -0.15) is 0 Å². The molecule has 0 saturated heterocycles. The number of tetrazole rings is 1. The van der Waals surface area contributed by atoms with Crippen LogP contribution in [-0.2, 0) is 11.3 Å². The van der Waals surface area contributed by atoms with Crippen LogP contribution in [0.1, 0.15) is 0 Å². The van der Waals surface area contributed by atoms with Gasteiger partial charge in [-0.1, -0.05) is 18.2 Å². The van der Waals surface area contributed by atoms with E-state index in [-0.39, 0.29) is 17.3 Å². The number of nitrogens with zero attached hydrogens (tertiary/aromatic N) is 5. The van der Waals surface area contributed by atoms with E-state index in [2.05, 4.69) is 25.9 Å². The molecule has 0 fully saturated rings. The Balaban J connectivity index is 1.58. The van der Waals surface area contributed by atoms with Gasteiger partial charge in [0.2, 0.25) is 5.91 Å². The van der Waals surface area contributed by atoms with Crippen molar-refractivity contribution in [2.45, 2.75) is 6.54 Å². The van der Waals surface area contributed by atoms with Crippen LogP contribution in [0.15, 0.2) is 64.4 Å². The van der Waals surface area contributed by atoms with Crippen molar-refractivity contribution in [2.75, 3.05) is 5.32 Å². The molecule has 0 spiro atoms. The summed E-state index contributed by atoms with van der Waals surface area (Å²) in [5.41, 5.74) is 0.291. The molecule has 0 unspecified atom stereocenters. The minimum absolute atomic E-state index is 0.259. The predicted octanol–water partition coefficient (Wildman–Crippen LogP) is 0.304. The van der Waals surface area contributed by atoms with Crippen LogP contribution >= 0.6 is 0 Å². The number of H-pyrrole nitrogens is 1. The highest BCUT2D eigenvalue weighted by Gasteiger charge is 2.11. The van der Waals surface area contributed by atoms with Crippen molar-refractivity contribution in [3.05, 3.63) is 75.6 Å². The van der Waals surface area contributed by atoms with E-state index in [1.807, 2.05) is 0 Å². The Hall–Kier alpha value is -4.08. The van der Waals surface area contributed by atoms with Gasteiger partial charge in [-0.3, -0.25) is 19.5 Å². The minimum Gasteiger partial charge on any atom is -0.324 e. The molecular formula is C17H13N7O3. The summed E-state index contributed by atoms with van der Waals surface area (Å²) in [6.07, 6.45) is 1.43. The summed E-state index contributed by atoms with van der Waals surface area (Å²) in [5, 5.41) is 16.6. The fourth-order valence-electron chi connectivity index (χ4n) is 2.71. The SMILES string of the molecule is O=C(Cn1[nH]c(=O)c2ccccc2c1=O)Nc1cccc(-n2cnnn2)c1. The van der Waals surface area contributed by atoms with Gasteiger partial charge < -0.3 is 5.32 Å². The molecule has 4 rings (SSSR count). The topological polar surface area (TPSA) is 128 Å². The lowest BCUT2D eigenvalue weighted by atomic mass is 10.2. The maximum Gasteiger partial charge on any atom is 0.273 e. The second-order valence-corrected chi connectivity index (χ2v) is 5.73. The molecule has 0 aliphatic heterocycles. The number of benzene rings is 2. The van der Waals surface area contributed by atoms with Crippen LogP contribution in [0.25, 0.3) is 16.5 Å². The molecule has 0 saturated carbocycles. The monoisotopic (exact) mass is 363 g/mol. The standard InChI is InChI=1S/C17H13N7O3/c25-15(19-11-4-3-5-12(8-11)24-10-18-21-22-24)9-23-17(27)14-7-2-1-6-13(14)16(26)20-23/h1-8,10H,9H2,(H,19,25)(H,20,26). The van der Waals surface area contributed by atoms with Crippen molar-refractivity contribution in [2.24, 2.45) is 0 Å². The van der Waals surface area contributed by atoms with Crippen molar-refractivity contribution < 1.29 is 4.79 Å². The number of aromatic amines is 1. The second-order valence-electron chi connectivity index (χ2n) is 5.73. The summed E-state index contributed by atoms with van der Waals surface area (Å²) in [5.74, 6) is -0.461. The number of fused-ring (bicyclic) bond motifs is 1. The molecule has 27 heavy (non-hydrogen) atoms. The number of amides is 1. The first-order valence-electron chi connectivity index (χ1n) is 7.97. The van der Waals surface area contributed by atoms with Crippen molar-refractivity contribution in [3.8, 4) is 5.69 Å². The van der Waals surface area contributed by atoms with Crippen molar-refractivity contribution in [3.63, 3.8) is 0 Å². The van der Waals surface area contributed by atoms with E-state index < -0.39 is 17.0 Å². The molecule has 0 atom stereocenters. The fourth-order valence-corrected chi connectivity index (χ4v) is 2.71. The van der Waals surface area contributed by atoms with Gasteiger partial charge in [0, 0.05) is 5.69 Å². The second kappa shape index (κ2) is 6.67. The number of rotatable bonds is 4. The van der Waals surface area contributed by atoms with E-state index >= 15 is 0 Å². The summed E-state index contributed by atoms with van der Waals surface area (Å²) < 4.78 is 2.44. The van der Waals surface area contributed by atoms with Crippen molar-refractivity contribution in [1.82, 2.24) is 30.0 Å². The van der Waals surface area contributed by atoms with E-state index in [1.54, 1.807) is 48.5 Å². The van der Waals surface area contributed by atoms with Gasteiger partial charge in [-0.15, -0.1) is 5.10 Å². The Morgan fingerprint density at radius 2 is 1.89 bits per heavy atom. The molecule has 1 amide bonds. The molecule has 0 bridgehead atoms. The smallest absolute Gasteiger partial charge is 0.273 e. The molecule has 4 aromatic rings. The first kappa shape index (κ1) is 16.4. The average Bonchev–Trinajstić information content (AvgIpc) is 3.21. The third-order valence-electron chi connectivity index (χ3n) is 3.93. The van der Waals surface area contributed by atoms with Gasteiger partial charge in [0.1, 0.15) is 12.9 Å². The van der Waals surface area contributed by atoms with Gasteiger partial charge in [-0.25, -0.2) is 9.36 Å². The van der Waals surface area contributed by atoms with Crippen LogP contribution in [0.4, 0.5) is 5.69 Å². The van der Waals surface area contributed by atoms with E-state index in [1.165, 1.54) is 11.0 Å². The van der Waals surface area contributed by atoms with Crippen LogP contribution in [0.3, 0.4) is 0 Å². The highest BCUT2D eigenvalue weighted by atomic mass is 16.2. The largest absolute Gasteiger partial charge is 0.324 e. The van der Waals surface area contributed by atoms with Gasteiger partial charge in [0.05, 0.1) is 16.5 Å². The van der Waals surface area contributed by atoms with E-state index in [4.69, 9.17) is 0 Å². The maximum atomic E-state index is 12.5. The highest BCUT2D eigenvalue weighted by Crippen LogP contribution is 2.13. The van der Waals surface area contributed by atoms with Crippen LogP contribution in [0.5, 0.6) is 0 Å². The van der Waals surface area contributed by atoms with E-state index in [0.29, 0.717) is 11.4 Å². The minimum atomic E-state index is -0.461. The summed E-state index contributed by atoms with van der Waals surface area (Å²) >= 11 is 0. The Kier molecular flexibility index (Phi) is 4.05. The average molecular weight is 363 g/mol. The van der Waals surface area contributed by atoms with E-state index in [0.717, 1.165) is 4.68 Å². The molecule has 10 heteroatoms. The third-order valence-corrected chi connectivity index (χ3v) is 3.93. The predicted molar refractivity (Wildman–Crippen MR) is 96.6 cm³/mol. The molecule has 2 N–H and O–H groups in total. The first-order chi connectivity index (χ1) is 13.1. The third kappa shape index (κ3) is 3.23. The van der Waals surface area contributed by atoms with Gasteiger partial charge in [0.25, 0.3) is 11.1 Å². The summed E-state index contributed by atoms with van der Waals surface area (Å²) in [7, 11) is 0. The lowest BCUT2D eigenvalue weighted by Crippen LogP contribution is -2.34. The normalized spacial score (nSPS) is 10.8. The molecule has 2 aromatic carbocycles. The highest BCUT2D eigenvalue weighted by molar-refractivity contribution is 5.91. The molecule has 2 heterocycles. The summed E-state index contributed by atoms with van der Waals surface area (Å²) in [6.45, 7) is -0.325. The van der Waals surface area contributed by atoms with E-state index in [9.17, 15) is 14.4 Å². The number of hydrogen-bond donors (Lipinski definition) is 2. The Bertz CT molecular complexity index is 1240. The van der Waals surface area contributed by atoms with Crippen LogP contribution in [-0.4, -0.2) is 35.9 Å². The lowest BCUT2D eigenvalue weighted by molar-refractivity contribution is -0.117. The molecule has 0 aliphatic rings. The maximum absolute atomic E-state index is 12.5. The Morgan fingerprint density at radius 1 is 1.07 bits per heavy atom. The number of aromatic nitrogens is 6. The number of carbonyl (C=O) groups is 1. The molecule has 134 valence electrons. The Labute approximate surface area is 151 Å². The van der Waals surface area contributed by atoms with Gasteiger partial charge in [0.15, 0.2) is 0 Å². The molecular weight excluding hydrogens is 350 g/mol. The van der Waals surface area contributed by atoms with Crippen molar-refractivity contribution >= 4 is 22.4 Å². The molecule has 0 aliphatic carbocycles. The number of carbonyl (C=O) groups excluding carboxylic acids is 1. The zero-order valence-corrected chi connectivity index (χ0v) is 13.9. The van der Waals surface area contributed by atoms with Gasteiger partial charge >= 0.3 is 0 Å². The molecule has 2 aromatic heterocycles. The number of nitrogens with one attached hydrogen (secondary N) is 2. The van der Waals surface area contributed by atoms with Gasteiger partial charge in [-0.05, 0) is 40.8 Å². The van der Waals surface area contributed by atoms with Crippen LogP contribution < -0.4 is 16.4 Å².